The molecule has 1 N–H and O–H groups in total. The second kappa shape index (κ2) is 4.45. The van der Waals surface area contributed by atoms with Crippen LogP contribution in [0.15, 0.2) is 18.3 Å². The molecule has 5 nitrogen and oxygen atoms in total. The summed E-state index contributed by atoms with van der Waals surface area (Å²) in [6, 6.07) is 3.67. The van der Waals surface area contributed by atoms with E-state index in [1.165, 1.54) is 0 Å². The molecule has 2 rings (SSSR count). The highest BCUT2D eigenvalue weighted by molar-refractivity contribution is 5.89. The Balaban J connectivity index is 2.41. The minimum atomic E-state index is -0.459. The first kappa shape index (κ1) is 11.4. The monoisotopic (exact) mass is 233 g/mol. The first-order valence-electron chi connectivity index (χ1n) is 5.51. The number of nitrogens with zero attached hydrogens (tertiary/aromatic N) is 2. The predicted molar refractivity (Wildman–Crippen MR) is 65.3 cm³/mol. The number of hydrogen-bond donors (Lipinski definition) is 1. The number of nitrogens with one attached hydrogen (secondary N) is 1. The average molecular weight is 233 g/mol. The summed E-state index contributed by atoms with van der Waals surface area (Å²) in [5.41, 5.74) is 3.40. The van der Waals surface area contributed by atoms with Crippen LogP contribution < -0.4 is 5.32 Å². The predicted octanol–water partition coefficient (Wildman–Crippen LogP) is 2.52. The third-order valence-corrected chi connectivity index (χ3v) is 2.64. The molecular weight excluding hydrogens is 218 g/mol. The van der Waals surface area contributed by atoms with Crippen molar-refractivity contribution in [3.8, 4) is 0 Å². The number of fused-ring (bicyclic) bond motifs is 1. The quantitative estimate of drug-likeness (QED) is 0.867. The molecule has 5 heteroatoms. The maximum atomic E-state index is 11.4. The second-order valence-corrected chi connectivity index (χ2v) is 3.74. The molecule has 0 saturated heterocycles. The number of hydrogen-bond acceptors (Lipinski definition) is 3. The Morgan fingerprint density at radius 2 is 2.29 bits per heavy atom. The zero-order valence-corrected chi connectivity index (χ0v) is 10.2. The normalized spacial score (nSPS) is 10.5. The van der Waals surface area contributed by atoms with Gasteiger partial charge in [0.25, 0.3) is 0 Å². The molecule has 1 amide bonds. The summed E-state index contributed by atoms with van der Waals surface area (Å²) in [5.74, 6) is 0. The lowest BCUT2D eigenvalue weighted by Gasteiger charge is -2.06. The number of ether oxygens (including phenoxy) is 1. The Kier molecular flexibility index (Phi) is 2.99. The van der Waals surface area contributed by atoms with Crippen molar-refractivity contribution < 1.29 is 9.53 Å². The van der Waals surface area contributed by atoms with E-state index in [1.807, 2.05) is 30.5 Å². The molecular formula is C12H15N3O2. The van der Waals surface area contributed by atoms with E-state index in [9.17, 15) is 4.79 Å². The molecule has 0 unspecified atom stereocenters. The van der Waals surface area contributed by atoms with E-state index in [4.69, 9.17) is 4.74 Å². The van der Waals surface area contributed by atoms with Gasteiger partial charge in [0.15, 0.2) is 5.65 Å². The lowest BCUT2D eigenvalue weighted by molar-refractivity contribution is 0.168. The Bertz CT molecular complexity index is 560. The summed E-state index contributed by atoms with van der Waals surface area (Å²) >= 11 is 0. The van der Waals surface area contributed by atoms with Crippen LogP contribution in [-0.2, 0) is 4.74 Å². The van der Waals surface area contributed by atoms with Crippen LogP contribution in [0.4, 0.5) is 10.5 Å². The van der Waals surface area contributed by atoms with E-state index in [1.54, 1.807) is 13.0 Å². The number of imidazole rings is 1. The third-order valence-electron chi connectivity index (χ3n) is 2.64. The molecule has 0 aliphatic heterocycles. The highest BCUT2D eigenvalue weighted by Crippen LogP contribution is 2.19. The van der Waals surface area contributed by atoms with Gasteiger partial charge in [-0.1, -0.05) is 0 Å². The van der Waals surface area contributed by atoms with Gasteiger partial charge in [0.05, 0.1) is 18.0 Å². The topological polar surface area (TPSA) is 55.6 Å². The van der Waals surface area contributed by atoms with Gasteiger partial charge in [0.2, 0.25) is 0 Å². The number of carbonyl (C=O) groups is 1. The van der Waals surface area contributed by atoms with Crippen LogP contribution in [-0.4, -0.2) is 22.1 Å². The average Bonchev–Trinajstić information content (AvgIpc) is 2.58. The number of aryl methyl sites for hydroxylation is 2. The molecule has 2 aromatic rings. The largest absolute Gasteiger partial charge is 0.450 e. The van der Waals surface area contributed by atoms with Gasteiger partial charge in [-0.15, -0.1) is 0 Å². The molecule has 0 aromatic carbocycles. The minimum absolute atomic E-state index is 0.349. The Morgan fingerprint density at radius 1 is 1.53 bits per heavy atom. The van der Waals surface area contributed by atoms with E-state index in [-0.39, 0.29) is 0 Å². The van der Waals surface area contributed by atoms with Gasteiger partial charge in [0, 0.05) is 11.9 Å². The van der Waals surface area contributed by atoms with Crippen molar-refractivity contribution in [1.29, 1.82) is 0 Å². The smallest absolute Gasteiger partial charge is 0.411 e. The van der Waals surface area contributed by atoms with Crippen LogP contribution in [0.1, 0.15) is 18.3 Å². The fourth-order valence-electron chi connectivity index (χ4n) is 1.67. The summed E-state index contributed by atoms with van der Waals surface area (Å²) in [7, 11) is 0. The van der Waals surface area contributed by atoms with Crippen molar-refractivity contribution in [2.45, 2.75) is 20.8 Å². The fraction of sp³-hybridized carbons (Fsp3) is 0.333. The first-order valence-corrected chi connectivity index (χ1v) is 5.51. The molecule has 0 saturated carbocycles. The summed E-state index contributed by atoms with van der Waals surface area (Å²) in [4.78, 5) is 15.8. The van der Waals surface area contributed by atoms with Gasteiger partial charge in [-0.25, -0.2) is 9.78 Å². The van der Waals surface area contributed by atoms with Gasteiger partial charge < -0.3 is 9.14 Å². The van der Waals surface area contributed by atoms with Crippen molar-refractivity contribution in [2.75, 3.05) is 11.9 Å². The van der Waals surface area contributed by atoms with Crippen LogP contribution in [0.5, 0.6) is 0 Å². The standard InChI is InChI=1S/C12H15N3O2/c1-4-17-12(16)14-10-6-5-7-15-9(3)8(2)13-11(10)15/h5-7H,4H2,1-3H3,(H,14,16). The molecule has 17 heavy (non-hydrogen) atoms. The molecule has 2 aromatic heterocycles. The molecule has 0 aliphatic carbocycles. The van der Waals surface area contributed by atoms with Gasteiger partial charge in [-0.3, -0.25) is 5.32 Å². The highest BCUT2D eigenvalue weighted by Gasteiger charge is 2.10. The Labute approximate surface area is 99.4 Å². The van der Waals surface area contributed by atoms with E-state index >= 15 is 0 Å². The van der Waals surface area contributed by atoms with Crippen LogP contribution in [0.25, 0.3) is 5.65 Å². The lowest BCUT2D eigenvalue weighted by atomic mass is 10.4. The summed E-state index contributed by atoms with van der Waals surface area (Å²) < 4.78 is 6.79. The van der Waals surface area contributed by atoms with Gasteiger partial charge in [-0.2, -0.15) is 0 Å². The van der Waals surface area contributed by atoms with Crippen molar-refractivity contribution in [2.24, 2.45) is 0 Å². The second-order valence-electron chi connectivity index (χ2n) is 3.74. The maximum Gasteiger partial charge on any atom is 0.411 e. The number of pyridine rings is 1. The highest BCUT2D eigenvalue weighted by atomic mass is 16.5. The molecule has 2 heterocycles. The lowest BCUT2D eigenvalue weighted by Crippen LogP contribution is -2.14. The molecule has 0 atom stereocenters. The number of rotatable bonds is 2. The molecule has 90 valence electrons. The van der Waals surface area contributed by atoms with Crippen LogP contribution in [0.2, 0.25) is 0 Å². The molecule has 0 spiro atoms. The van der Waals surface area contributed by atoms with Crippen molar-refractivity contribution in [3.63, 3.8) is 0 Å². The Hall–Kier alpha value is -2.04. The first-order chi connectivity index (χ1) is 8.13. The number of aromatic nitrogens is 2. The van der Waals surface area contributed by atoms with E-state index in [0.717, 1.165) is 17.0 Å². The number of anilines is 1. The summed E-state index contributed by atoms with van der Waals surface area (Å²) in [6.07, 6.45) is 1.46. The van der Waals surface area contributed by atoms with E-state index < -0.39 is 6.09 Å². The fourth-order valence-corrected chi connectivity index (χ4v) is 1.67. The van der Waals surface area contributed by atoms with E-state index in [2.05, 4.69) is 10.3 Å². The zero-order chi connectivity index (χ0) is 12.4. The molecule has 0 fully saturated rings. The number of amides is 1. The van der Waals surface area contributed by atoms with Crippen molar-refractivity contribution in [1.82, 2.24) is 9.38 Å². The SMILES string of the molecule is CCOC(=O)Nc1cccn2c(C)c(C)nc12. The van der Waals surface area contributed by atoms with Gasteiger partial charge in [-0.05, 0) is 32.9 Å². The summed E-state index contributed by atoms with van der Waals surface area (Å²) in [6.45, 7) is 6.05. The molecule has 0 bridgehead atoms. The number of carbonyl (C=O) groups excluding carboxylic acids is 1. The van der Waals surface area contributed by atoms with Crippen LogP contribution in [0, 0.1) is 13.8 Å². The zero-order valence-electron chi connectivity index (χ0n) is 10.2. The van der Waals surface area contributed by atoms with E-state index in [0.29, 0.717) is 12.3 Å². The minimum Gasteiger partial charge on any atom is -0.450 e. The molecule has 0 aliphatic rings. The van der Waals surface area contributed by atoms with Crippen molar-refractivity contribution >= 4 is 17.4 Å². The van der Waals surface area contributed by atoms with Gasteiger partial charge in [0.1, 0.15) is 0 Å². The Morgan fingerprint density at radius 3 is 3.00 bits per heavy atom. The van der Waals surface area contributed by atoms with Crippen LogP contribution in [0.3, 0.4) is 0 Å². The maximum absolute atomic E-state index is 11.4. The third kappa shape index (κ3) is 2.08. The molecule has 0 radical (unpaired) electrons. The summed E-state index contributed by atoms with van der Waals surface area (Å²) in [5, 5.41) is 2.68. The van der Waals surface area contributed by atoms with Gasteiger partial charge >= 0.3 is 6.09 Å². The van der Waals surface area contributed by atoms with Crippen molar-refractivity contribution in [3.05, 3.63) is 29.7 Å². The van der Waals surface area contributed by atoms with Crippen LogP contribution >= 0.6 is 0 Å².